The molecule has 3 rings (SSSR count). The molecule has 0 saturated heterocycles. The fourth-order valence-corrected chi connectivity index (χ4v) is 4.38. The molecular weight excluding hydrogens is 464 g/mol. The molecule has 1 heterocycles. The number of sulfonamides is 1. The highest BCUT2D eigenvalue weighted by atomic mass is 35.5. The van der Waals surface area contributed by atoms with Crippen LogP contribution in [0.5, 0.6) is 5.75 Å². The molecule has 0 radical (unpaired) electrons. The maximum Gasteiger partial charge on any atom is 0.242 e. The van der Waals surface area contributed by atoms with Crippen molar-refractivity contribution < 1.29 is 17.9 Å². The fraction of sp³-hybridized carbons (Fsp3) is 0.391. The van der Waals surface area contributed by atoms with E-state index in [0.717, 1.165) is 9.82 Å². The van der Waals surface area contributed by atoms with E-state index < -0.39 is 10.0 Å². The number of amides is 1. The lowest BCUT2D eigenvalue weighted by Crippen LogP contribution is -2.22. The molecule has 0 unspecified atom stereocenters. The number of fused-ring (bicyclic) bond motifs is 1. The highest BCUT2D eigenvalue weighted by Gasteiger charge is 2.19. The number of carbonyl (C=O) groups excluding carboxylic acids is 1. The number of nitrogens with one attached hydrogen (secondary N) is 1. The Morgan fingerprint density at radius 1 is 1.21 bits per heavy atom. The summed E-state index contributed by atoms with van der Waals surface area (Å²) in [6.07, 6.45) is 0.610. The predicted molar refractivity (Wildman–Crippen MR) is 130 cm³/mol. The van der Waals surface area contributed by atoms with Gasteiger partial charge in [0.2, 0.25) is 15.9 Å². The molecule has 0 atom stereocenters. The van der Waals surface area contributed by atoms with Crippen molar-refractivity contribution in [3.05, 3.63) is 47.2 Å². The van der Waals surface area contributed by atoms with Gasteiger partial charge in [0.15, 0.2) is 0 Å². The van der Waals surface area contributed by atoms with E-state index >= 15 is 0 Å². The third-order valence-corrected chi connectivity index (χ3v) is 7.19. The van der Waals surface area contributed by atoms with Crippen molar-refractivity contribution in [2.24, 2.45) is 13.0 Å². The molecule has 1 aromatic heterocycles. The van der Waals surface area contributed by atoms with Gasteiger partial charge < -0.3 is 14.6 Å². The van der Waals surface area contributed by atoms with Gasteiger partial charge in [-0.3, -0.25) is 4.79 Å². The number of hydrogen-bond acceptors (Lipinski definition) is 5. The number of aryl methyl sites for hydroxylation is 2. The largest absolute Gasteiger partial charge is 0.492 e. The number of carbonyl (C=O) groups is 1. The fourth-order valence-electron chi connectivity index (χ4n) is 3.23. The molecular formula is C23H29ClN4O4S. The molecule has 0 fully saturated rings. The number of benzene rings is 2. The number of imidazole rings is 1. The lowest BCUT2D eigenvalue weighted by molar-refractivity contribution is -0.116. The summed E-state index contributed by atoms with van der Waals surface area (Å²) in [7, 11) is 1.27. The first-order valence-corrected chi connectivity index (χ1v) is 12.4. The normalized spacial score (nSPS) is 12.0. The van der Waals surface area contributed by atoms with Gasteiger partial charge in [-0.15, -0.1) is 0 Å². The lowest BCUT2D eigenvalue weighted by atomic mass is 10.2. The van der Waals surface area contributed by atoms with Crippen molar-refractivity contribution in [3.8, 4) is 5.75 Å². The molecule has 1 amide bonds. The zero-order valence-electron chi connectivity index (χ0n) is 19.4. The summed E-state index contributed by atoms with van der Waals surface area (Å²) in [6, 6.07) is 10.0. The van der Waals surface area contributed by atoms with E-state index in [0.29, 0.717) is 46.7 Å². The van der Waals surface area contributed by atoms with Crippen LogP contribution in [0.1, 0.15) is 26.1 Å². The van der Waals surface area contributed by atoms with Crippen molar-refractivity contribution in [3.63, 3.8) is 0 Å². The summed E-state index contributed by atoms with van der Waals surface area (Å²) in [5, 5.41) is 3.28. The van der Waals surface area contributed by atoms with Crippen molar-refractivity contribution in [2.45, 2.75) is 31.6 Å². The van der Waals surface area contributed by atoms with Gasteiger partial charge in [0.1, 0.15) is 11.6 Å². The molecule has 2 aromatic carbocycles. The number of aromatic nitrogens is 2. The summed E-state index contributed by atoms with van der Waals surface area (Å²) < 4.78 is 33.5. The molecule has 0 saturated carbocycles. The van der Waals surface area contributed by atoms with Crippen LogP contribution in [0.25, 0.3) is 11.0 Å². The van der Waals surface area contributed by atoms with Gasteiger partial charge in [0, 0.05) is 39.7 Å². The second-order valence-corrected chi connectivity index (χ2v) is 11.0. The van der Waals surface area contributed by atoms with Gasteiger partial charge in [0.25, 0.3) is 0 Å². The van der Waals surface area contributed by atoms with Crippen molar-refractivity contribution >= 4 is 44.3 Å². The van der Waals surface area contributed by atoms with Gasteiger partial charge in [0.05, 0.1) is 27.6 Å². The van der Waals surface area contributed by atoms with Crippen molar-refractivity contribution in [2.75, 3.05) is 26.0 Å². The zero-order chi connectivity index (χ0) is 24.3. The maximum atomic E-state index is 12.5. The predicted octanol–water partition coefficient (Wildman–Crippen LogP) is 4.08. The minimum atomic E-state index is -3.55. The standard InChI is InChI=1S/C23H29ClN4O4S/c1-15(2)14-32-21-9-6-16(12-18(21)24)25-23(29)11-10-22-26-19-13-17(33(30,31)27(3)4)7-8-20(19)28(22)5/h6-9,12-13,15H,10-11,14H2,1-5H3,(H,25,29). The SMILES string of the molecule is CC(C)COc1ccc(NC(=O)CCc2nc3cc(S(=O)(=O)N(C)C)ccc3n2C)cc1Cl. The Kier molecular flexibility index (Phi) is 7.66. The van der Waals surface area contributed by atoms with E-state index in [2.05, 4.69) is 24.1 Å². The number of ether oxygens (including phenoxy) is 1. The second-order valence-electron chi connectivity index (χ2n) is 8.42. The Hall–Kier alpha value is -2.62. The molecule has 3 aromatic rings. The Labute approximate surface area is 199 Å². The first-order valence-electron chi connectivity index (χ1n) is 10.6. The monoisotopic (exact) mass is 492 g/mol. The van der Waals surface area contributed by atoms with Crippen molar-refractivity contribution in [1.82, 2.24) is 13.9 Å². The van der Waals surface area contributed by atoms with Crippen LogP contribution in [0, 0.1) is 5.92 Å². The molecule has 33 heavy (non-hydrogen) atoms. The lowest BCUT2D eigenvalue weighted by Gasteiger charge is -2.12. The first kappa shape index (κ1) is 25.0. The van der Waals surface area contributed by atoms with E-state index in [-0.39, 0.29) is 17.2 Å². The van der Waals surface area contributed by atoms with E-state index in [1.54, 1.807) is 36.4 Å². The Bertz CT molecular complexity index is 1270. The number of rotatable bonds is 9. The van der Waals surface area contributed by atoms with E-state index in [4.69, 9.17) is 16.3 Å². The van der Waals surface area contributed by atoms with Crippen LogP contribution in [0.4, 0.5) is 5.69 Å². The molecule has 0 bridgehead atoms. The summed E-state index contributed by atoms with van der Waals surface area (Å²) >= 11 is 6.26. The molecule has 0 aliphatic carbocycles. The Balaban J connectivity index is 1.67. The number of nitrogens with zero attached hydrogens (tertiary/aromatic N) is 3. The molecule has 0 aliphatic heterocycles. The third-order valence-electron chi connectivity index (χ3n) is 5.09. The van der Waals surface area contributed by atoms with Gasteiger partial charge in [-0.05, 0) is 42.3 Å². The Morgan fingerprint density at radius 2 is 1.94 bits per heavy atom. The maximum absolute atomic E-state index is 12.5. The van der Waals surface area contributed by atoms with E-state index in [9.17, 15) is 13.2 Å². The summed E-state index contributed by atoms with van der Waals surface area (Å²) in [5.74, 6) is 1.48. The molecule has 178 valence electrons. The molecule has 8 nitrogen and oxygen atoms in total. The number of halogens is 1. The van der Waals surface area contributed by atoms with Crippen LogP contribution >= 0.6 is 11.6 Å². The topological polar surface area (TPSA) is 93.5 Å². The van der Waals surface area contributed by atoms with E-state index in [1.807, 2.05) is 11.6 Å². The summed E-state index contributed by atoms with van der Waals surface area (Å²) in [5.41, 5.74) is 1.96. The van der Waals surface area contributed by atoms with Crippen LogP contribution < -0.4 is 10.1 Å². The van der Waals surface area contributed by atoms with Crippen molar-refractivity contribution in [1.29, 1.82) is 0 Å². The second kappa shape index (κ2) is 10.1. The van der Waals surface area contributed by atoms with Gasteiger partial charge in [-0.1, -0.05) is 25.4 Å². The molecule has 0 aliphatic rings. The number of anilines is 1. The zero-order valence-corrected chi connectivity index (χ0v) is 21.0. The van der Waals surface area contributed by atoms with Crippen LogP contribution in [0.15, 0.2) is 41.3 Å². The average molecular weight is 493 g/mol. The van der Waals surface area contributed by atoms with E-state index in [1.165, 1.54) is 14.1 Å². The van der Waals surface area contributed by atoms with Gasteiger partial charge in [-0.2, -0.15) is 0 Å². The first-order chi connectivity index (χ1) is 15.5. The average Bonchev–Trinajstić information content (AvgIpc) is 3.06. The quantitative estimate of drug-likeness (QED) is 0.485. The minimum Gasteiger partial charge on any atom is -0.492 e. The summed E-state index contributed by atoms with van der Waals surface area (Å²) in [4.78, 5) is 17.2. The van der Waals surface area contributed by atoms with Crippen LogP contribution in [0.3, 0.4) is 0 Å². The highest BCUT2D eigenvalue weighted by Crippen LogP contribution is 2.28. The molecule has 1 N–H and O–H groups in total. The minimum absolute atomic E-state index is 0.176. The summed E-state index contributed by atoms with van der Waals surface area (Å²) in [6.45, 7) is 4.67. The van der Waals surface area contributed by atoms with Crippen LogP contribution in [0.2, 0.25) is 5.02 Å². The highest BCUT2D eigenvalue weighted by molar-refractivity contribution is 7.89. The third kappa shape index (κ3) is 5.85. The number of hydrogen-bond donors (Lipinski definition) is 1. The molecule has 10 heteroatoms. The van der Waals surface area contributed by atoms with Crippen LogP contribution in [-0.4, -0.2) is 48.9 Å². The van der Waals surface area contributed by atoms with Gasteiger partial charge >= 0.3 is 0 Å². The van der Waals surface area contributed by atoms with Crippen LogP contribution in [-0.2, 0) is 28.3 Å². The Morgan fingerprint density at radius 3 is 2.58 bits per heavy atom. The smallest absolute Gasteiger partial charge is 0.242 e. The molecule has 0 spiro atoms. The van der Waals surface area contributed by atoms with Gasteiger partial charge in [-0.25, -0.2) is 17.7 Å².